The molecular formula is C15H17BrN4. The first-order valence-electron chi connectivity index (χ1n) is 6.65. The van der Waals surface area contributed by atoms with Crippen molar-refractivity contribution in [2.24, 2.45) is 7.05 Å². The van der Waals surface area contributed by atoms with E-state index < -0.39 is 0 Å². The summed E-state index contributed by atoms with van der Waals surface area (Å²) in [7, 11) is 3.96. The van der Waals surface area contributed by atoms with E-state index in [2.05, 4.69) is 49.5 Å². The van der Waals surface area contributed by atoms with Gasteiger partial charge in [0.05, 0.1) is 10.2 Å². The number of nitrogens with one attached hydrogen (secondary N) is 2. The highest BCUT2D eigenvalue weighted by atomic mass is 79.9. The molecule has 0 atom stereocenters. The van der Waals surface area contributed by atoms with Gasteiger partial charge in [-0.05, 0) is 29.0 Å². The number of fused-ring (bicyclic) bond motifs is 1. The molecule has 0 unspecified atom stereocenters. The summed E-state index contributed by atoms with van der Waals surface area (Å²) in [6.45, 7) is 0.936. The lowest BCUT2D eigenvalue weighted by atomic mass is 10.1. The van der Waals surface area contributed by atoms with Gasteiger partial charge in [-0.15, -0.1) is 0 Å². The molecule has 5 heteroatoms. The lowest BCUT2D eigenvalue weighted by Crippen LogP contribution is -2.12. The van der Waals surface area contributed by atoms with Crippen molar-refractivity contribution in [2.75, 3.05) is 13.6 Å². The van der Waals surface area contributed by atoms with Gasteiger partial charge in [0.25, 0.3) is 0 Å². The number of aryl methyl sites for hydroxylation is 1. The van der Waals surface area contributed by atoms with E-state index in [1.54, 1.807) is 0 Å². The number of hydrogen-bond donors (Lipinski definition) is 2. The molecule has 0 spiro atoms. The topological polar surface area (TPSA) is 45.6 Å². The molecule has 2 aromatic heterocycles. The van der Waals surface area contributed by atoms with Crippen LogP contribution in [0.1, 0.15) is 5.69 Å². The molecule has 104 valence electrons. The predicted molar refractivity (Wildman–Crippen MR) is 85.8 cm³/mol. The Morgan fingerprint density at radius 1 is 1.35 bits per heavy atom. The maximum absolute atomic E-state index is 4.68. The highest BCUT2D eigenvalue weighted by Crippen LogP contribution is 2.34. The maximum atomic E-state index is 4.68. The molecule has 0 bridgehead atoms. The molecule has 1 aromatic carbocycles. The van der Waals surface area contributed by atoms with Gasteiger partial charge < -0.3 is 10.3 Å². The summed E-state index contributed by atoms with van der Waals surface area (Å²) in [6, 6.07) is 8.29. The second kappa shape index (κ2) is 5.42. The second-order valence-corrected chi connectivity index (χ2v) is 5.63. The van der Waals surface area contributed by atoms with E-state index in [1.165, 1.54) is 11.1 Å². The van der Waals surface area contributed by atoms with Gasteiger partial charge in [-0.25, -0.2) is 0 Å². The van der Waals surface area contributed by atoms with Gasteiger partial charge in [-0.2, -0.15) is 5.10 Å². The smallest absolute Gasteiger partial charge is 0.109 e. The largest absolute Gasteiger partial charge is 0.360 e. The van der Waals surface area contributed by atoms with Gasteiger partial charge in [-0.1, -0.05) is 18.2 Å². The molecule has 0 radical (unpaired) electrons. The summed E-state index contributed by atoms with van der Waals surface area (Å²) in [5.41, 5.74) is 4.48. The third-order valence-electron chi connectivity index (χ3n) is 3.56. The Hall–Kier alpha value is -1.59. The fraction of sp³-hybridized carbons (Fsp3) is 0.267. The van der Waals surface area contributed by atoms with Crippen LogP contribution in [0.2, 0.25) is 0 Å². The van der Waals surface area contributed by atoms with Crippen LogP contribution in [0.5, 0.6) is 0 Å². The number of rotatable bonds is 4. The molecule has 2 N–H and O–H groups in total. The van der Waals surface area contributed by atoms with Gasteiger partial charge in [0.2, 0.25) is 0 Å². The van der Waals surface area contributed by atoms with Crippen molar-refractivity contribution in [3.05, 3.63) is 40.6 Å². The molecule has 20 heavy (non-hydrogen) atoms. The normalized spacial score (nSPS) is 11.3. The van der Waals surface area contributed by atoms with Crippen LogP contribution in [0.4, 0.5) is 0 Å². The van der Waals surface area contributed by atoms with Gasteiger partial charge in [-0.3, -0.25) is 4.68 Å². The molecule has 4 nitrogen and oxygen atoms in total. The van der Waals surface area contributed by atoms with Crippen molar-refractivity contribution >= 4 is 26.8 Å². The third kappa shape index (κ3) is 2.17. The Morgan fingerprint density at radius 2 is 2.15 bits per heavy atom. The Labute approximate surface area is 126 Å². The highest BCUT2D eigenvalue weighted by Gasteiger charge is 2.17. The molecule has 2 heterocycles. The fourth-order valence-electron chi connectivity index (χ4n) is 2.49. The molecule has 0 amide bonds. The van der Waals surface area contributed by atoms with Crippen LogP contribution < -0.4 is 5.32 Å². The minimum Gasteiger partial charge on any atom is -0.360 e. The first-order chi connectivity index (χ1) is 9.72. The molecular weight excluding hydrogens is 316 g/mol. The Bertz CT molecular complexity index is 741. The van der Waals surface area contributed by atoms with E-state index in [1.807, 2.05) is 31.0 Å². The van der Waals surface area contributed by atoms with Crippen LogP contribution in [0.15, 0.2) is 34.9 Å². The number of hydrogen-bond acceptors (Lipinski definition) is 2. The van der Waals surface area contributed by atoms with Gasteiger partial charge in [0.1, 0.15) is 5.69 Å². The zero-order chi connectivity index (χ0) is 14.1. The SMILES string of the molecule is CNCCc1c(Br)c(-c2c[nH]c3ccccc23)nn1C. The predicted octanol–water partition coefficient (Wildman–Crippen LogP) is 3.09. The number of para-hydroxylation sites is 1. The van der Waals surface area contributed by atoms with E-state index >= 15 is 0 Å². The van der Waals surface area contributed by atoms with E-state index in [0.29, 0.717) is 0 Å². The van der Waals surface area contributed by atoms with Crippen molar-refractivity contribution in [1.82, 2.24) is 20.1 Å². The van der Waals surface area contributed by atoms with Crippen molar-refractivity contribution in [1.29, 1.82) is 0 Å². The number of halogens is 1. The van der Waals surface area contributed by atoms with Gasteiger partial charge in [0.15, 0.2) is 0 Å². The Kier molecular flexibility index (Phi) is 3.63. The summed E-state index contributed by atoms with van der Waals surface area (Å²) in [5, 5.41) is 9.05. The minimum absolute atomic E-state index is 0.936. The molecule has 0 saturated heterocycles. The summed E-state index contributed by atoms with van der Waals surface area (Å²) in [5.74, 6) is 0. The summed E-state index contributed by atoms with van der Waals surface area (Å²) < 4.78 is 3.04. The second-order valence-electron chi connectivity index (χ2n) is 4.83. The number of nitrogens with zero attached hydrogens (tertiary/aromatic N) is 2. The summed E-state index contributed by atoms with van der Waals surface area (Å²) >= 11 is 3.71. The third-order valence-corrected chi connectivity index (χ3v) is 4.39. The first-order valence-corrected chi connectivity index (χ1v) is 7.44. The molecule has 0 fully saturated rings. The Balaban J connectivity index is 2.10. The first kappa shape index (κ1) is 13.4. The molecule has 0 aliphatic carbocycles. The average molecular weight is 333 g/mol. The van der Waals surface area contributed by atoms with E-state index in [9.17, 15) is 0 Å². The number of aromatic nitrogens is 3. The molecule has 3 rings (SSSR count). The van der Waals surface area contributed by atoms with Gasteiger partial charge in [0, 0.05) is 42.7 Å². The average Bonchev–Trinajstić information content (AvgIpc) is 2.99. The lowest BCUT2D eigenvalue weighted by Gasteiger charge is -2.01. The van der Waals surface area contributed by atoms with E-state index in [-0.39, 0.29) is 0 Å². The van der Waals surface area contributed by atoms with Gasteiger partial charge >= 0.3 is 0 Å². The number of benzene rings is 1. The summed E-state index contributed by atoms with van der Waals surface area (Å²) in [4.78, 5) is 3.30. The van der Waals surface area contributed by atoms with E-state index in [0.717, 1.165) is 34.2 Å². The molecule has 0 aliphatic heterocycles. The van der Waals surface area contributed by atoms with Crippen LogP contribution in [0, 0.1) is 0 Å². The molecule has 0 aliphatic rings. The quantitative estimate of drug-likeness (QED) is 0.771. The van der Waals surface area contributed by atoms with Crippen molar-refractivity contribution in [3.63, 3.8) is 0 Å². The van der Waals surface area contributed by atoms with Crippen molar-refractivity contribution in [2.45, 2.75) is 6.42 Å². The molecule has 0 saturated carbocycles. The minimum atomic E-state index is 0.936. The monoisotopic (exact) mass is 332 g/mol. The zero-order valence-electron chi connectivity index (χ0n) is 11.6. The standard InChI is InChI=1S/C15H17BrN4/c1-17-8-7-13-14(16)15(19-20(13)2)11-9-18-12-6-4-3-5-10(11)12/h3-6,9,17-18H,7-8H2,1-2H3. The van der Waals surface area contributed by atoms with E-state index in [4.69, 9.17) is 0 Å². The van der Waals surface area contributed by atoms with Crippen LogP contribution >= 0.6 is 15.9 Å². The van der Waals surface area contributed by atoms with Crippen LogP contribution in [0.3, 0.4) is 0 Å². The number of aromatic amines is 1. The van der Waals surface area contributed by atoms with Crippen molar-refractivity contribution in [3.8, 4) is 11.3 Å². The Morgan fingerprint density at radius 3 is 2.95 bits per heavy atom. The lowest BCUT2D eigenvalue weighted by molar-refractivity contribution is 0.681. The maximum Gasteiger partial charge on any atom is 0.109 e. The van der Waals surface area contributed by atoms with Crippen molar-refractivity contribution < 1.29 is 0 Å². The highest BCUT2D eigenvalue weighted by molar-refractivity contribution is 9.10. The number of H-pyrrole nitrogens is 1. The van der Waals surface area contributed by atoms with Crippen LogP contribution in [-0.2, 0) is 13.5 Å². The zero-order valence-corrected chi connectivity index (χ0v) is 13.2. The summed E-state index contributed by atoms with van der Waals surface area (Å²) in [6.07, 6.45) is 2.97. The fourth-order valence-corrected chi connectivity index (χ4v) is 3.24. The van der Waals surface area contributed by atoms with Crippen LogP contribution in [0.25, 0.3) is 22.2 Å². The molecule has 3 aromatic rings. The van der Waals surface area contributed by atoms with Crippen LogP contribution in [-0.4, -0.2) is 28.4 Å². The number of likely N-dealkylation sites (N-methyl/N-ethyl adjacent to an activating group) is 1.